The summed E-state index contributed by atoms with van der Waals surface area (Å²) < 4.78 is 5.16. The van der Waals surface area contributed by atoms with Gasteiger partial charge >= 0.3 is 0 Å². The molecule has 0 bridgehead atoms. The number of hydrogen-bond acceptors (Lipinski definition) is 2. The molecule has 0 atom stereocenters. The molecule has 0 unspecified atom stereocenters. The van der Waals surface area contributed by atoms with Crippen LogP contribution in [0.5, 0.6) is 5.75 Å². The van der Waals surface area contributed by atoms with E-state index in [0.29, 0.717) is 5.69 Å². The van der Waals surface area contributed by atoms with Crippen LogP contribution in [0.25, 0.3) is 10.9 Å². The maximum atomic E-state index is 8.68. The molecule has 0 saturated heterocycles. The molecule has 2 aromatic rings. The van der Waals surface area contributed by atoms with Gasteiger partial charge in [0.2, 0.25) is 0 Å². The Bertz CT molecular complexity index is 479. The summed E-state index contributed by atoms with van der Waals surface area (Å²) in [7, 11) is 1.62. The number of rotatable bonds is 1. The van der Waals surface area contributed by atoms with Gasteiger partial charge in [-0.2, -0.15) is 5.26 Å². The third-order valence-electron chi connectivity index (χ3n) is 1.96. The Morgan fingerprint density at radius 1 is 1.46 bits per heavy atom. The normalized spacial score (nSPS) is 9.85. The fourth-order valence-corrected chi connectivity index (χ4v) is 1.37. The van der Waals surface area contributed by atoms with Crippen LogP contribution >= 0.6 is 0 Å². The number of aromatic amines is 1. The van der Waals surface area contributed by atoms with Gasteiger partial charge in [-0.25, -0.2) is 0 Å². The van der Waals surface area contributed by atoms with E-state index in [1.54, 1.807) is 13.2 Å². The van der Waals surface area contributed by atoms with Gasteiger partial charge in [0, 0.05) is 5.39 Å². The number of fused-ring (bicyclic) bond motifs is 1. The largest absolute Gasteiger partial charge is 0.496 e. The van der Waals surface area contributed by atoms with Gasteiger partial charge in [0.1, 0.15) is 17.5 Å². The molecule has 0 aliphatic heterocycles. The molecule has 0 radical (unpaired) electrons. The summed E-state index contributed by atoms with van der Waals surface area (Å²) in [6, 6.07) is 9.52. The van der Waals surface area contributed by atoms with Crippen molar-refractivity contribution in [2.45, 2.75) is 0 Å². The Morgan fingerprint density at radius 3 is 3.00 bits per heavy atom. The molecule has 0 spiro atoms. The highest BCUT2D eigenvalue weighted by Gasteiger charge is 2.03. The second-order valence-electron chi connectivity index (χ2n) is 2.72. The van der Waals surface area contributed by atoms with Crippen molar-refractivity contribution >= 4 is 10.9 Å². The van der Waals surface area contributed by atoms with E-state index < -0.39 is 0 Å². The highest BCUT2D eigenvalue weighted by atomic mass is 16.5. The molecule has 2 rings (SSSR count). The summed E-state index contributed by atoms with van der Waals surface area (Å²) in [6.07, 6.45) is 0. The Balaban J connectivity index is 2.76. The molecule has 13 heavy (non-hydrogen) atoms. The predicted molar refractivity (Wildman–Crippen MR) is 49.6 cm³/mol. The number of hydrogen-bond donors (Lipinski definition) is 1. The highest BCUT2D eigenvalue weighted by molar-refractivity contribution is 5.87. The van der Waals surface area contributed by atoms with Gasteiger partial charge in [-0.15, -0.1) is 0 Å². The number of H-pyrrole nitrogens is 1. The van der Waals surface area contributed by atoms with Crippen molar-refractivity contribution < 1.29 is 4.74 Å². The van der Waals surface area contributed by atoms with Crippen molar-refractivity contribution in [3.8, 4) is 11.8 Å². The number of methoxy groups -OCH3 is 1. The number of aromatic nitrogens is 1. The third kappa shape index (κ3) is 1.13. The predicted octanol–water partition coefficient (Wildman–Crippen LogP) is 2.05. The smallest absolute Gasteiger partial charge is 0.128 e. The van der Waals surface area contributed by atoms with E-state index in [1.807, 2.05) is 18.2 Å². The van der Waals surface area contributed by atoms with E-state index in [9.17, 15) is 0 Å². The number of nitrogens with zero attached hydrogens (tertiary/aromatic N) is 1. The van der Waals surface area contributed by atoms with Crippen molar-refractivity contribution in [1.29, 1.82) is 5.26 Å². The van der Waals surface area contributed by atoms with Gasteiger partial charge in [-0.3, -0.25) is 0 Å². The number of benzene rings is 1. The van der Waals surface area contributed by atoms with Crippen LogP contribution in [-0.2, 0) is 0 Å². The number of ether oxygens (including phenoxy) is 1. The summed E-state index contributed by atoms with van der Waals surface area (Å²) in [5.41, 5.74) is 1.48. The second-order valence-corrected chi connectivity index (χ2v) is 2.72. The summed E-state index contributed by atoms with van der Waals surface area (Å²) in [5.74, 6) is 0.787. The standard InChI is InChI=1S/C10H8N2O/c1-13-10-4-2-3-9-8(10)5-7(6-11)12-9/h2-5,12H,1H3. The second kappa shape index (κ2) is 2.83. The van der Waals surface area contributed by atoms with Gasteiger partial charge in [-0.05, 0) is 18.2 Å². The molecular formula is C10H8N2O. The van der Waals surface area contributed by atoms with Crippen LogP contribution in [0.2, 0.25) is 0 Å². The lowest BCUT2D eigenvalue weighted by Gasteiger charge is -1.99. The average Bonchev–Trinajstić information content (AvgIpc) is 2.59. The fourth-order valence-electron chi connectivity index (χ4n) is 1.37. The molecule has 0 saturated carbocycles. The van der Waals surface area contributed by atoms with E-state index in [-0.39, 0.29) is 0 Å². The van der Waals surface area contributed by atoms with Crippen molar-refractivity contribution in [2.24, 2.45) is 0 Å². The lowest BCUT2D eigenvalue weighted by Crippen LogP contribution is -1.81. The zero-order chi connectivity index (χ0) is 9.26. The first-order valence-corrected chi connectivity index (χ1v) is 3.91. The van der Waals surface area contributed by atoms with Crippen LogP contribution < -0.4 is 4.74 Å². The topological polar surface area (TPSA) is 48.8 Å². The highest BCUT2D eigenvalue weighted by Crippen LogP contribution is 2.25. The van der Waals surface area contributed by atoms with Crippen LogP contribution in [0.3, 0.4) is 0 Å². The molecule has 0 fully saturated rings. The van der Waals surface area contributed by atoms with Crippen molar-refractivity contribution in [2.75, 3.05) is 7.11 Å². The Kier molecular flexibility index (Phi) is 1.67. The fraction of sp³-hybridized carbons (Fsp3) is 0.100. The quantitative estimate of drug-likeness (QED) is 0.715. The molecule has 1 N–H and O–H groups in total. The zero-order valence-corrected chi connectivity index (χ0v) is 7.16. The van der Waals surface area contributed by atoms with E-state index in [0.717, 1.165) is 16.7 Å². The molecule has 3 nitrogen and oxygen atoms in total. The third-order valence-corrected chi connectivity index (χ3v) is 1.96. The van der Waals surface area contributed by atoms with Crippen LogP contribution in [0, 0.1) is 11.3 Å². The maximum absolute atomic E-state index is 8.68. The van der Waals surface area contributed by atoms with Crippen LogP contribution in [0.4, 0.5) is 0 Å². The van der Waals surface area contributed by atoms with Crippen LogP contribution in [-0.4, -0.2) is 12.1 Å². The van der Waals surface area contributed by atoms with E-state index in [4.69, 9.17) is 10.00 Å². The lowest BCUT2D eigenvalue weighted by atomic mass is 10.2. The van der Waals surface area contributed by atoms with Crippen molar-refractivity contribution in [3.05, 3.63) is 30.0 Å². The van der Waals surface area contributed by atoms with E-state index in [1.165, 1.54) is 0 Å². The number of nitriles is 1. The van der Waals surface area contributed by atoms with Crippen molar-refractivity contribution in [1.82, 2.24) is 4.98 Å². The van der Waals surface area contributed by atoms with Crippen LogP contribution in [0.1, 0.15) is 5.69 Å². The molecule has 0 aliphatic rings. The summed E-state index contributed by atoms with van der Waals surface area (Å²) in [4.78, 5) is 2.98. The molecule has 1 heterocycles. The summed E-state index contributed by atoms with van der Waals surface area (Å²) in [6.45, 7) is 0. The molecule has 0 amide bonds. The van der Waals surface area contributed by atoms with Gasteiger partial charge in [0.25, 0.3) is 0 Å². The minimum atomic E-state index is 0.555. The first kappa shape index (κ1) is 7.69. The monoisotopic (exact) mass is 172 g/mol. The molecule has 1 aromatic heterocycles. The number of nitrogens with one attached hydrogen (secondary N) is 1. The van der Waals surface area contributed by atoms with Gasteiger partial charge in [0.05, 0.1) is 12.6 Å². The molecule has 64 valence electrons. The summed E-state index contributed by atoms with van der Waals surface area (Å²) in [5, 5.41) is 9.63. The minimum absolute atomic E-state index is 0.555. The SMILES string of the molecule is COc1cccc2[nH]c(C#N)cc12. The van der Waals surface area contributed by atoms with E-state index >= 15 is 0 Å². The minimum Gasteiger partial charge on any atom is -0.496 e. The molecular weight excluding hydrogens is 164 g/mol. The molecule has 0 aliphatic carbocycles. The first-order chi connectivity index (χ1) is 6.35. The van der Waals surface area contributed by atoms with Crippen molar-refractivity contribution in [3.63, 3.8) is 0 Å². The maximum Gasteiger partial charge on any atom is 0.128 e. The molecule has 1 aromatic carbocycles. The zero-order valence-electron chi connectivity index (χ0n) is 7.16. The van der Waals surface area contributed by atoms with Crippen LogP contribution in [0.15, 0.2) is 24.3 Å². The van der Waals surface area contributed by atoms with Gasteiger partial charge in [0.15, 0.2) is 0 Å². The Hall–Kier alpha value is -1.95. The average molecular weight is 172 g/mol. The Labute approximate surface area is 75.6 Å². The lowest BCUT2D eigenvalue weighted by molar-refractivity contribution is 0.420. The van der Waals surface area contributed by atoms with Gasteiger partial charge in [-0.1, -0.05) is 6.07 Å². The Morgan fingerprint density at radius 2 is 2.31 bits per heavy atom. The van der Waals surface area contributed by atoms with Gasteiger partial charge < -0.3 is 9.72 Å². The van der Waals surface area contributed by atoms with E-state index in [2.05, 4.69) is 11.1 Å². The summed E-state index contributed by atoms with van der Waals surface area (Å²) >= 11 is 0. The molecule has 3 heteroatoms. The first-order valence-electron chi connectivity index (χ1n) is 3.91.